The zero-order valence-corrected chi connectivity index (χ0v) is 29.2. The van der Waals surface area contributed by atoms with Crippen molar-refractivity contribution in [3.8, 4) is 33.4 Å². The van der Waals surface area contributed by atoms with E-state index in [9.17, 15) is 0 Å². The molecule has 0 aliphatic carbocycles. The molecule has 1 nitrogen and oxygen atoms in total. The van der Waals surface area contributed by atoms with Gasteiger partial charge in [0.15, 0.2) is 0 Å². The summed E-state index contributed by atoms with van der Waals surface area (Å²) in [4.78, 5) is 2.40. The molecule has 0 spiro atoms. The third-order valence-electron chi connectivity index (χ3n) is 10.3. The number of hydrogen-bond donors (Lipinski definition) is 0. The Kier molecular flexibility index (Phi) is 7.41. The van der Waals surface area contributed by atoms with Crippen LogP contribution in [-0.4, -0.2) is 0 Å². The third kappa shape index (κ3) is 5.33. The number of nitrogens with zero attached hydrogens (tertiary/aromatic N) is 1. The van der Waals surface area contributed by atoms with Crippen LogP contribution in [-0.2, 0) is 0 Å². The second-order valence-corrected chi connectivity index (χ2v) is 14.4. The summed E-state index contributed by atoms with van der Waals surface area (Å²) in [6.07, 6.45) is 0. The van der Waals surface area contributed by atoms with Crippen molar-refractivity contribution < 1.29 is 0 Å². The molecule has 10 aromatic rings. The van der Waals surface area contributed by atoms with Crippen LogP contribution in [0.2, 0.25) is 0 Å². The van der Waals surface area contributed by atoms with Crippen LogP contribution in [0.4, 0.5) is 17.1 Å². The molecular formula is C50H33NS. The SMILES string of the molecule is c1ccc(N(c2ccc(-c3ccc4c(c3)sc3ccccc34)cc2)c2ccc(-c3cccc4ccccc34)cc2)c(-c2ccc3ccccc3c2)c1. The van der Waals surface area contributed by atoms with E-state index in [-0.39, 0.29) is 0 Å². The molecule has 0 bridgehead atoms. The first-order valence-electron chi connectivity index (χ1n) is 17.8. The minimum Gasteiger partial charge on any atom is -0.310 e. The Morgan fingerprint density at radius 1 is 0.308 bits per heavy atom. The van der Waals surface area contributed by atoms with E-state index >= 15 is 0 Å². The van der Waals surface area contributed by atoms with Crippen molar-refractivity contribution in [2.75, 3.05) is 4.90 Å². The van der Waals surface area contributed by atoms with Crippen molar-refractivity contribution in [3.05, 3.63) is 200 Å². The number of hydrogen-bond acceptors (Lipinski definition) is 2. The van der Waals surface area contributed by atoms with Gasteiger partial charge in [-0.1, -0.05) is 152 Å². The Hall–Kier alpha value is -6.48. The van der Waals surface area contributed by atoms with E-state index in [0.29, 0.717) is 0 Å². The largest absolute Gasteiger partial charge is 0.310 e. The Balaban J connectivity index is 1.09. The highest BCUT2D eigenvalue weighted by Crippen LogP contribution is 2.43. The molecule has 0 amide bonds. The normalized spacial score (nSPS) is 11.5. The van der Waals surface area contributed by atoms with Crippen LogP contribution in [0.1, 0.15) is 0 Å². The van der Waals surface area contributed by atoms with Crippen LogP contribution < -0.4 is 4.90 Å². The molecular weight excluding hydrogens is 647 g/mol. The second kappa shape index (κ2) is 12.7. The Morgan fingerprint density at radius 2 is 0.885 bits per heavy atom. The van der Waals surface area contributed by atoms with Crippen LogP contribution in [0.15, 0.2) is 200 Å². The molecule has 0 unspecified atom stereocenters. The number of para-hydroxylation sites is 1. The summed E-state index contributed by atoms with van der Waals surface area (Å²) in [5, 5.41) is 7.65. The molecule has 0 atom stereocenters. The highest BCUT2D eigenvalue weighted by Gasteiger charge is 2.18. The predicted octanol–water partition coefficient (Wildman–Crippen LogP) is 14.8. The molecule has 0 aliphatic heterocycles. The van der Waals surface area contributed by atoms with Crippen molar-refractivity contribution in [1.29, 1.82) is 0 Å². The molecule has 244 valence electrons. The number of rotatable bonds is 6. The maximum Gasteiger partial charge on any atom is 0.0540 e. The Morgan fingerprint density at radius 3 is 1.71 bits per heavy atom. The maximum absolute atomic E-state index is 2.40. The summed E-state index contributed by atoms with van der Waals surface area (Å²) in [5.74, 6) is 0. The van der Waals surface area contributed by atoms with Gasteiger partial charge in [-0.25, -0.2) is 0 Å². The quantitative estimate of drug-likeness (QED) is 0.169. The average Bonchev–Trinajstić information content (AvgIpc) is 3.59. The van der Waals surface area contributed by atoms with Gasteiger partial charge in [-0.05, 0) is 97.9 Å². The molecule has 0 saturated carbocycles. The van der Waals surface area contributed by atoms with Crippen molar-refractivity contribution in [2.45, 2.75) is 0 Å². The third-order valence-corrected chi connectivity index (χ3v) is 11.4. The molecule has 0 N–H and O–H groups in total. The van der Waals surface area contributed by atoms with Gasteiger partial charge in [0.2, 0.25) is 0 Å². The van der Waals surface area contributed by atoms with Gasteiger partial charge < -0.3 is 4.90 Å². The molecule has 10 rings (SSSR count). The van der Waals surface area contributed by atoms with Crippen molar-refractivity contribution in [2.24, 2.45) is 0 Å². The lowest BCUT2D eigenvalue weighted by Gasteiger charge is -2.28. The first-order valence-corrected chi connectivity index (χ1v) is 18.6. The number of anilines is 3. The first-order chi connectivity index (χ1) is 25.8. The molecule has 9 aromatic carbocycles. The molecule has 52 heavy (non-hydrogen) atoms. The van der Waals surface area contributed by atoms with Crippen molar-refractivity contribution in [1.82, 2.24) is 0 Å². The fourth-order valence-corrected chi connectivity index (χ4v) is 8.82. The molecule has 1 heterocycles. The van der Waals surface area contributed by atoms with Gasteiger partial charge in [0, 0.05) is 37.1 Å². The molecule has 2 heteroatoms. The predicted molar refractivity (Wildman–Crippen MR) is 225 cm³/mol. The molecule has 0 saturated heterocycles. The van der Waals surface area contributed by atoms with Gasteiger partial charge in [-0.3, -0.25) is 0 Å². The number of benzene rings is 9. The van der Waals surface area contributed by atoms with E-state index in [4.69, 9.17) is 0 Å². The first kappa shape index (κ1) is 30.4. The minimum atomic E-state index is 1.11. The van der Waals surface area contributed by atoms with Crippen molar-refractivity contribution >= 4 is 70.1 Å². The summed E-state index contributed by atoms with van der Waals surface area (Å²) < 4.78 is 2.65. The lowest BCUT2D eigenvalue weighted by atomic mass is 9.97. The molecule has 0 radical (unpaired) electrons. The standard InChI is InChI=1S/C50H33NS/c1-2-12-38-32-40(21-20-34(38)10-1)45-15-5-7-18-48(45)51(42-29-24-37(25-30-42)44-17-9-13-36-11-3-4-14-43(36)44)41-27-22-35(23-28-41)39-26-31-47-46-16-6-8-19-49(46)52-50(47)33-39/h1-33H. The van der Waals surface area contributed by atoms with Gasteiger partial charge >= 0.3 is 0 Å². The zero-order valence-electron chi connectivity index (χ0n) is 28.4. The molecule has 1 aromatic heterocycles. The van der Waals surface area contributed by atoms with E-state index in [1.54, 1.807) is 0 Å². The van der Waals surface area contributed by atoms with E-state index in [1.165, 1.54) is 75.1 Å². The van der Waals surface area contributed by atoms with Crippen molar-refractivity contribution in [3.63, 3.8) is 0 Å². The Bertz CT molecular complexity index is 2890. The molecule has 0 aliphatic rings. The summed E-state index contributed by atoms with van der Waals surface area (Å²) in [5.41, 5.74) is 10.6. The summed E-state index contributed by atoms with van der Waals surface area (Å²) in [6, 6.07) is 73.0. The molecule has 0 fully saturated rings. The highest BCUT2D eigenvalue weighted by molar-refractivity contribution is 7.25. The summed E-state index contributed by atoms with van der Waals surface area (Å²) in [6.45, 7) is 0. The van der Waals surface area contributed by atoms with Crippen LogP contribution >= 0.6 is 11.3 Å². The van der Waals surface area contributed by atoms with Gasteiger partial charge in [0.05, 0.1) is 5.69 Å². The van der Waals surface area contributed by atoms with E-state index < -0.39 is 0 Å². The van der Waals surface area contributed by atoms with Crippen LogP contribution in [0, 0.1) is 0 Å². The lowest BCUT2D eigenvalue weighted by Crippen LogP contribution is -2.11. The van der Waals surface area contributed by atoms with Gasteiger partial charge in [0.1, 0.15) is 0 Å². The van der Waals surface area contributed by atoms with Crippen LogP contribution in [0.5, 0.6) is 0 Å². The maximum atomic E-state index is 2.40. The topological polar surface area (TPSA) is 3.24 Å². The second-order valence-electron chi connectivity index (χ2n) is 13.3. The van der Waals surface area contributed by atoms with E-state index in [0.717, 1.165) is 17.1 Å². The number of thiophene rings is 1. The average molecular weight is 680 g/mol. The lowest BCUT2D eigenvalue weighted by molar-refractivity contribution is 1.28. The summed E-state index contributed by atoms with van der Waals surface area (Å²) in [7, 11) is 0. The fraction of sp³-hybridized carbons (Fsp3) is 0. The monoisotopic (exact) mass is 679 g/mol. The van der Waals surface area contributed by atoms with Gasteiger partial charge in [0.25, 0.3) is 0 Å². The summed E-state index contributed by atoms with van der Waals surface area (Å²) >= 11 is 1.86. The van der Waals surface area contributed by atoms with E-state index in [1.807, 2.05) is 11.3 Å². The number of fused-ring (bicyclic) bond motifs is 5. The Labute approximate surface area is 307 Å². The highest BCUT2D eigenvalue weighted by atomic mass is 32.1. The van der Waals surface area contributed by atoms with E-state index in [2.05, 4.69) is 205 Å². The van der Waals surface area contributed by atoms with Gasteiger partial charge in [-0.2, -0.15) is 0 Å². The smallest absolute Gasteiger partial charge is 0.0540 e. The fourth-order valence-electron chi connectivity index (χ4n) is 7.67. The minimum absolute atomic E-state index is 1.11. The van der Waals surface area contributed by atoms with Crippen LogP contribution in [0.25, 0.3) is 75.1 Å². The van der Waals surface area contributed by atoms with Gasteiger partial charge in [-0.15, -0.1) is 11.3 Å². The van der Waals surface area contributed by atoms with Crippen LogP contribution in [0.3, 0.4) is 0 Å². The zero-order chi connectivity index (χ0) is 34.4.